The first-order valence-corrected chi connectivity index (χ1v) is 5.44. The summed E-state index contributed by atoms with van der Waals surface area (Å²) in [5.41, 5.74) is 0. The molecule has 1 aliphatic rings. The van der Waals surface area contributed by atoms with Crippen LogP contribution in [0.5, 0.6) is 0 Å². The quantitative estimate of drug-likeness (QED) is 0.626. The summed E-state index contributed by atoms with van der Waals surface area (Å²) >= 11 is 0. The van der Waals surface area contributed by atoms with Gasteiger partial charge >= 0.3 is 0 Å². The molecule has 5 nitrogen and oxygen atoms in total. The lowest BCUT2D eigenvalue weighted by atomic mass is 10.4. The van der Waals surface area contributed by atoms with Crippen LogP contribution in [0.1, 0.15) is 6.92 Å². The van der Waals surface area contributed by atoms with Gasteiger partial charge in [-0.05, 0) is 14.0 Å². The van der Waals surface area contributed by atoms with Crippen LogP contribution in [0.25, 0.3) is 0 Å². The molecule has 0 aromatic carbocycles. The number of methoxy groups -OCH3 is 1. The molecule has 15 heavy (non-hydrogen) atoms. The van der Waals surface area contributed by atoms with Crippen LogP contribution in [-0.4, -0.2) is 63.8 Å². The zero-order valence-electron chi connectivity index (χ0n) is 9.92. The second-order valence-corrected chi connectivity index (χ2v) is 3.96. The molecule has 88 valence electrons. The van der Waals surface area contributed by atoms with Gasteiger partial charge in [-0.1, -0.05) is 0 Å². The Bertz CT molecular complexity index is 208. The van der Waals surface area contributed by atoms with Crippen molar-refractivity contribution in [2.24, 2.45) is 4.99 Å². The summed E-state index contributed by atoms with van der Waals surface area (Å²) in [6, 6.07) is 0.471. The van der Waals surface area contributed by atoms with Gasteiger partial charge in [-0.2, -0.15) is 0 Å². The van der Waals surface area contributed by atoms with Crippen LogP contribution in [-0.2, 0) is 4.74 Å². The molecule has 1 aliphatic heterocycles. The van der Waals surface area contributed by atoms with E-state index in [2.05, 4.69) is 34.5 Å². The van der Waals surface area contributed by atoms with Crippen molar-refractivity contribution in [2.75, 3.05) is 46.9 Å². The van der Waals surface area contributed by atoms with Gasteiger partial charge in [0.1, 0.15) is 0 Å². The van der Waals surface area contributed by atoms with Gasteiger partial charge in [0.25, 0.3) is 0 Å². The molecule has 1 atom stereocenters. The van der Waals surface area contributed by atoms with Crippen LogP contribution in [0.2, 0.25) is 0 Å². The number of rotatable bonds is 6. The standard InChI is InChI=1S/C10H22N4O/c1-9-8-12-10(13-9)11-4-5-14(2)6-7-15-3/h9H,4-8H2,1-3H3,(H2,11,12,13). The largest absolute Gasteiger partial charge is 0.383 e. The predicted molar refractivity (Wildman–Crippen MR) is 62.3 cm³/mol. The molecule has 1 unspecified atom stereocenters. The van der Waals surface area contributed by atoms with E-state index in [0.29, 0.717) is 6.04 Å². The van der Waals surface area contributed by atoms with Crippen molar-refractivity contribution >= 4 is 5.96 Å². The number of hydrogen-bond acceptors (Lipinski definition) is 5. The fourth-order valence-electron chi connectivity index (χ4n) is 1.38. The molecule has 5 heteroatoms. The van der Waals surface area contributed by atoms with Crippen LogP contribution in [0.3, 0.4) is 0 Å². The van der Waals surface area contributed by atoms with Gasteiger partial charge < -0.3 is 20.3 Å². The highest BCUT2D eigenvalue weighted by Crippen LogP contribution is 1.91. The molecule has 0 bridgehead atoms. The molecule has 1 rings (SSSR count). The summed E-state index contributed by atoms with van der Waals surface area (Å²) in [5, 5.41) is 6.54. The normalized spacial score (nSPS) is 20.3. The van der Waals surface area contributed by atoms with Crippen molar-refractivity contribution in [3.63, 3.8) is 0 Å². The zero-order valence-corrected chi connectivity index (χ0v) is 9.92. The van der Waals surface area contributed by atoms with Gasteiger partial charge in [0, 0.05) is 32.8 Å². The monoisotopic (exact) mass is 214 g/mol. The number of hydrogen-bond donors (Lipinski definition) is 2. The van der Waals surface area contributed by atoms with E-state index in [-0.39, 0.29) is 0 Å². The summed E-state index contributed by atoms with van der Waals surface area (Å²) in [6.45, 7) is 6.67. The maximum atomic E-state index is 5.01. The fraction of sp³-hybridized carbons (Fsp3) is 0.900. The lowest BCUT2D eigenvalue weighted by molar-refractivity contribution is 0.162. The van der Waals surface area contributed by atoms with Gasteiger partial charge in [-0.3, -0.25) is 4.99 Å². The summed E-state index contributed by atoms with van der Waals surface area (Å²) in [4.78, 5) is 6.56. The molecular formula is C10H22N4O. The van der Waals surface area contributed by atoms with Crippen LogP contribution >= 0.6 is 0 Å². The van der Waals surface area contributed by atoms with E-state index >= 15 is 0 Å². The van der Waals surface area contributed by atoms with Crippen molar-refractivity contribution in [2.45, 2.75) is 13.0 Å². The molecule has 1 heterocycles. The van der Waals surface area contributed by atoms with E-state index < -0.39 is 0 Å². The average Bonchev–Trinajstić information content (AvgIpc) is 2.61. The highest BCUT2D eigenvalue weighted by atomic mass is 16.5. The first kappa shape index (κ1) is 12.3. The SMILES string of the molecule is COCCN(C)CCNC1=NCC(C)N1. The van der Waals surface area contributed by atoms with Crippen molar-refractivity contribution < 1.29 is 4.74 Å². The summed E-state index contributed by atoms with van der Waals surface area (Å²) in [6.07, 6.45) is 0. The first-order valence-electron chi connectivity index (χ1n) is 5.44. The lowest BCUT2D eigenvalue weighted by Crippen LogP contribution is -2.41. The minimum Gasteiger partial charge on any atom is -0.383 e. The Kier molecular flexibility index (Phi) is 5.42. The Labute approximate surface area is 91.9 Å². The summed E-state index contributed by atoms with van der Waals surface area (Å²) in [7, 11) is 3.82. The van der Waals surface area contributed by atoms with Crippen LogP contribution in [0.4, 0.5) is 0 Å². The molecule has 0 fully saturated rings. The van der Waals surface area contributed by atoms with Crippen molar-refractivity contribution in [3.05, 3.63) is 0 Å². The highest BCUT2D eigenvalue weighted by Gasteiger charge is 2.11. The van der Waals surface area contributed by atoms with E-state index in [0.717, 1.165) is 38.7 Å². The molecule has 0 aromatic rings. The number of guanidine groups is 1. The molecule has 0 aliphatic carbocycles. The van der Waals surface area contributed by atoms with Gasteiger partial charge in [-0.15, -0.1) is 0 Å². The second-order valence-electron chi connectivity index (χ2n) is 3.96. The van der Waals surface area contributed by atoms with Crippen LogP contribution < -0.4 is 10.6 Å². The Morgan fingerprint density at radius 1 is 1.60 bits per heavy atom. The van der Waals surface area contributed by atoms with Gasteiger partial charge in [-0.25, -0.2) is 0 Å². The number of nitrogens with zero attached hydrogens (tertiary/aromatic N) is 2. The van der Waals surface area contributed by atoms with Gasteiger partial charge in [0.15, 0.2) is 5.96 Å². The van der Waals surface area contributed by atoms with Crippen molar-refractivity contribution in [3.8, 4) is 0 Å². The Morgan fingerprint density at radius 3 is 3.00 bits per heavy atom. The van der Waals surface area contributed by atoms with Crippen LogP contribution in [0.15, 0.2) is 4.99 Å². The number of aliphatic imine (C=N–C) groups is 1. The second kappa shape index (κ2) is 6.63. The minimum absolute atomic E-state index is 0.471. The summed E-state index contributed by atoms with van der Waals surface area (Å²) < 4.78 is 5.01. The topological polar surface area (TPSA) is 48.9 Å². The number of ether oxygens (including phenoxy) is 1. The van der Waals surface area contributed by atoms with Crippen molar-refractivity contribution in [1.29, 1.82) is 0 Å². The smallest absolute Gasteiger partial charge is 0.191 e. The van der Waals surface area contributed by atoms with E-state index in [1.54, 1.807) is 7.11 Å². The average molecular weight is 214 g/mol. The third kappa shape index (κ3) is 4.99. The van der Waals surface area contributed by atoms with E-state index in [1.165, 1.54) is 0 Å². The minimum atomic E-state index is 0.471. The number of likely N-dealkylation sites (N-methyl/N-ethyl adjacent to an activating group) is 1. The Hall–Kier alpha value is -0.810. The van der Waals surface area contributed by atoms with Crippen LogP contribution in [0, 0.1) is 0 Å². The van der Waals surface area contributed by atoms with Gasteiger partial charge in [0.2, 0.25) is 0 Å². The fourth-order valence-corrected chi connectivity index (χ4v) is 1.38. The third-order valence-corrected chi connectivity index (χ3v) is 2.37. The third-order valence-electron chi connectivity index (χ3n) is 2.37. The molecular weight excluding hydrogens is 192 g/mol. The maximum Gasteiger partial charge on any atom is 0.191 e. The molecule has 0 saturated heterocycles. The Morgan fingerprint density at radius 2 is 2.40 bits per heavy atom. The Balaban J connectivity index is 2.01. The highest BCUT2D eigenvalue weighted by molar-refractivity contribution is 5.81. The van der Waals surface area contributed by atoms with Gasteiger partial charge in [0.05, 0.1) is 13.2 Å². The molecule has 0 amide bonds. The van der Waals surface area contributed by atoms with E-state index in [9.17, 15) is 0 Å². The molecule has 0 radical (unpaired) electrons. The maximum absolute atomic E-state index is 5.01. The lowest BCUT2D eigenvalue weighted by Gasteiger charge is -2.16. The zero-order chi connectivity index (χ0) is 11.1. The van der Waals surface area contributed by atoms with Crippen molar-refractivity contribution in [1.82, 2.24) is 15.5 Å². The first-order chi connectivity index (χ1) is 7.22. The molecule has 2 N–H and O–H groups in total. The number of nitrogens with one attached hydrogen (secondary N) is 2. The molecule has 0 aromatic heterocycles. The van der Waals surface area contributed by atoms with E-state index in [1.807, 2.05) is 0 Å². The predicted octanol–water partition coefficient (Wildman–Crippen LogP) is -0.498. The molecule has 0 spiro atoms. The summed E-state index contributed by atoms with van der Waals surface area (Å²) in [5.74, 6) is 0.933. The van der Waals surface area contributed by atoms with E-state index in [4.69, 9.17) is 4.74 Å². The molecule has 0 saturated carbocycles.